The highest BCUT2D eigenvalue weighted by molar-refractivity contribution is 6.32. The van der Waals surface area contributed by atoms with E-state index in [4.69, 9.17) is 21.4 Å². The second kappa shape index (κ2) is 7.10. The first-order valence-electron chi connectivity index (χ1n) is 6.74. The molecule has 122 valence electrons. The molecule has 8 nitrogen and oxygen atoms in total. The monoisotopic (exact) mass is 338 g/mol. The van der Waals surface area contributed by atoms with E-state index in [-0.39, 0.29) is 24.2 Å². The molecule has 0 aliphatic heterocycles. The first-order valence-corrected chi connectivity index (χ1v) is 7.12. The highest BCUT2D eigenvalue weighted by Crippen LogP contribution is 2.28. The molecule has 9 heteroatoms. The number of aromatic carboxylic acids is 1. The Morgan fingerprint density at radius 3 is 2.74 bits per heavy atom. The van der Waals surface area contributed by atoms with Gasteiger partial charge in [0, 0.05) is 5.69 Å². The molecular formula is C14H15ClN4O4. The maximum Gasteiger partial charge on any atom is 0.358 e. The number of rotatable bonds is 6. The third-order valence-electron chi connectivity index (χ3n) is 2.64. The van der Waals surface area contributed by atoms with Crippen molar-refractivity contribution in [2.75, 3.05) is 5.32 Å². The molecule has 0 unspecified atom stereocenters. The molecule has 0 radical (unpaired) electrons. The minimum atomic E-state index is -1.20. The Morgan fingerprint density at radius 2 is 2.17 bits per heavy atom. The van der Waals surface area contributed by atoms with Crippen LogP contribution in [-0.4, -0.2) is 38.1 Å². The molecule has 1 aromatic heterocycles. The number of nitrogens with one attached hydrogen (secondary N) is 1. The summed E-state index contributed by atoms with van der Waals surface area (Å²) in [5.41, 5.74) is 0.269. The standard InChI is InChI=1S/C14H15ClN4O4/c1-8(2)23-12-4-3-9(5-10(12)15)16-13(20)7-19-6-11(14(21)22)17-18-19/h3-6,8H,7H2,1-2H3,(H,16,20)(H,21,22). The van der Waals surface area contributed by atoms with Crippen molar-refractivity contribution in [3.05, 3.63) is 35.1 Å². The predicted molar refractivity (Wildman–Crippen MR) is 82.8 cm³/mol. The second-order valence-corrected chi connectivity index (χ2v) is 5.37. The highest BCUT2D eigenvalue weighted by Gasteiger charge is 2.12. The summed E-state index contributed by atoms with van der Waals surface area (Å²) in [5.74, 6) is -1.06. The first kappa shape index (κ1) is 16.8. The van der Waals surface area contributed by atoms with Gasteiger partial charge in [-0.3, -0.25) is 4.79 Å². The molecule has 23 heavy (non-hydrogen) atoms. The van der Waals surface area contributed by atoms with E-state index in [1.165, 1.54) is 6.20 Å². The quantitative estimate of drug-likeness (QED) is 0.835. The Balaban J connectivity index is 1.99. The molecule has 2 aromatic rings. The van der Waals surface area contributed by atoms with Crippen LogP contribution in [0.4, 0.5) is 5.69 Å². The van der Waals surface area contributed by atoms with Crippen LogP contribution < -0.4 is 10.1 Å². The van der Waals surface area contributed by atoms with Crippen LogP contribution in [0.5, 0.6) is 5.75 Å². The minimum Gasteiger partial charge on any atom is -0.489 e. The van der Waals surface area contributed by atoms with Crippen LogP contribution in [-0.2, 0) is 11.3 Å². The molecule has 0 saturated heterocycles. The number of hydrogen-bond acceptors (Lipinski definition) is 5. The number of halogens is 1. The number of aromatic nitrogens is 3. The molecule has 0 fully saturated rings. The summed E-state index contributed by atoms with van der Waals surface area (Å²) >= 11 is 6.09. The summed E-state index contributed by atoms with van der Waals surface area (Å²) in [7, 11) is 0. The van der Waals surface area contributed by atoms with E-state index < -0.39 is 5.97 Å². The van der Waals surface area contributed by atoms with Crippen LogP contribution in [0.2, 0.25) is 5.02 Å². The zero-order valence-corrected chi connectivity index (χ0v) is 13.2. The van der Waals surface area contributed by atoms with Gasteiger partial charge in [0.1, 0.15) is 12.3 Å². The number of ether oxygens (including phenoxy) is 1. The van der Waals surface area contributed by atoms with Crippen molar-refractivity contribution in [2.24, 2.45) is 0 Å². The lowest BCUT2D eigenvalue weighted by molar-refractivity contribution is -0.116. The molecule has 2 rings (SSSR count). The normalized spacial score (nSPS) is 10.6. The van der Waals surface area contributed by atoms with E-state index in [2.05, 4.69) is 15.6 Å². The van der Waals surface area contributed by atoms with Crippen LogP contribution in [0.15, 0.2) is 24.4 Å². The fraction of sp³-hybridized carbons (Fsp3) is 0.286. The van der Waals surface area contributed by atoms with Crippen LogP contribution in [0.1, 0.15) is 24.3 Å². The molecule has 1 amide bonds. The summed E-state index contributed by atoms with van der Waals surface area (Å²) in [6.45, 7) is 3.60. The molecule has 2 N–H and O–H groups in total. The molecule has 1 aromatic carbocycles. The number of carbonyl (C=O) groups is 2. The molecule has 0 aliphatic carbocycles. The largest absolute Gasteiger partial charge is 0.489 e. The molecule has 0 spiro atoms. The van der Waals surface area contributed by atoms with Gasteiger partial charge < -0.3 is 15.2 Å². The van der Waals surface area contributed by atoms with Gasteiger partial charge in [0.05, 0.1) is 17.3 Å². The van der Waals surface area contributed by atoms with Gasteiger partial charge in [-0.15, -0.1) is 5.10 Å². The van der Waals surface area contributed by atoms with Gasteiger partial charge in [0.2, 0.25) is 5.91 Å². The van der Waals surface area contributed by atoms with Gasteiger partial charge in [-0.2, -0.15) is 0 Å². The number of carbonyl (C=O) groups excluding carboxylic acids is 1. The lowest BCUT2D eigenvalue weighted by Gasteiger charge is -2.12. The van der Waals surface area contributed by atoms with Gasteiger partial charge in [0.25, 0.3) is 0 Å². The number of hydrogen-bond donors (Lipinski definition) is 2. The summed E-state index contributed by atoms with van der Waals surface area (Å²) < 4.78 is 6.64. The minimum absolute atomic E-state index is 0.0105. The predicted octanol–water partition coefficient (Wildman–Crippen LogP) is 2.06. The van der Waals surface area contributed by atoms with E-state index in [1.807, 2.05) is 13.8 Å². The van der Waals surface area contributed by atoms with Crippen molar-refractivity contribution in [1.82, 2.24) is 15.0 Å². The lowest BCUT2D eigenvalue weighted by atomic mass is 10.3. The van der Waals surface area contributed by atoms with Gasteiger partial charge in [-0.25, -0.2) is 9.48 Å². The molecule has 1 heterocycles. The van der Waals surface area contributed by atoms with Gasteiger partial charge >= 0.3 is 5.97 Å². The molecular weight excluding hydrogens is 324 g/mol. The van der Waals surface area contributed by atoms with Gasteiger partial charge in [-0.05, 0) is 32.0 Å². The molecule has 0 saturated carbocycles. The van der Waals surface area contributed by atoms with Crippen molar-refractivity contribution in [1.29, 1.82) is 0 Å². The molecule has 0 atom stereocenters. The van der Waals surface area contributed by atoms with Crippen LogP contribution in [0.25, 0.3) is 0 Å². The Labute approximate surface area is 137 Å². The molecule has 0 aliphatic rings. The Kier molecular flexibility index (Phi) is 5.17. The van der Waals surface area contributed by atoms with E-state index in [0.717, 1.165) is 4.68 Å². The third kappa shape index (κ3) is 4.68. The van der Waals surface area contributed by atoms with Crippen molar-refractivity contribution in [3.8, 4) is 5.75 Å². The summed E-state index contributed by atoms with van der Waals surface area (Å²) in [6.07, 6.45) is 1.16. The second-order valence-electron chi connectivity index (χ2n) is 4.97. The SMILES string of the molecule is CC(C)Oc1ccc(NC(=O)Cn2cc(C(=O)O)nn2)cc1Cl. The fourth-order valence-corrected chi connectivity index (χ4v) is 1.97. The number of anilines is 1. The van der Waals surface area contributed by atoms with Crippen molar-refractivity contribution in [2.45, 2.75) is 26.5 Å². The van der Waals surface area contributed by atoms with Crippen LogP contribution >= 0.6 is 11.6 Å². The lowest BCUT2D eigenvalue weighted by Crippen LogP contribution is -2.19. The number of benzene rings is 1. The number of nitrogens with zero attached hydrogens (tertiary/aromatic N) is 3. The third-order valence-corrected chi connectivity index (χ3v) is 2.94. The van der Waals surface area contributed by atoms with Crippen molar-refractivity contribution >= 4 is 29.2 Å². The van der Waals surface area contributed by atoms with Gasteiger partial charge in [0.15, 0.2) is 5.69 Å². The maximum absolute atomic E-state index is 11.9. The summed E-state index contributed by atoms with van der Waals surface area (Å²) in [4.78, 5) is 22.6. The van der Waals surface area contributed by atoms with Crippen LogP contribution in [0, 0.1) is 0 Å². The summed E-state index contributed by atoms with van der Waals surface area (Å²) in [6, 6.07) is 4.89. The van der Waals surface area contributed by atoms with Crippen LogP contribution in [0.3, 0.4) is 0 Å². The van der Waals surface area contributed by atoms with Gasteiger partial charge in [-0.1, -0.05) is 16.8 Å². The van der Waals surface area contributed by atoms with E-state index in [1.54, 1.807) is 18.2 Å². The van der Waals surface area contributed by atoms with E-state index in [9.17, 15) is 9.59 Å². The number of amides is 1. The average Bonchev–Trinajstić information content (AvgIpc) is 2.90. The maximum atomic E-state index is 11.9. The Hall–Kier alpha value is -2.61. The zero-order valence-electron chi connectivity index (χ0n) is 12.5. The average molecular weight is 339 g/mol. The number of carboxylic acid groups (broad SMARTS) is 1. The summed E-state index contributed by atoms with van der Waals surface area (Å²) in [5, 5.41) is 18.7. The number of carboxylic acids is 1. The Bertz CT molecular complexity index is 729. The first-order chi connectivity index (χ1) is 10.8. The topological polar surface area (TPSA) is 106 Å². The van der Waals surface area contributed by atoms with E-state index in [0.29, 0.717) is 16.5 Å². The smallest absolute Gasteiger partial charge is 0.358 e. The van der Waals surface area contributed by atoms with E-state index >= 15 is 0 Å². The zero-order chi connectivity index (χ0) is 17.0. The molecule has 0 bridgehead atoms. The highest BCUT2D eigenvalue weighted by atomic mass is 35.5. The van der Waals surface area contributed by atoms with Crippen molar-refractivity contribution < 1.29 is 19.4 Å². The Morgan fingerprint density at radius 1 is 1.43 bits per heavy atom. The fourth-order valence-electron chi connectivity index (χ4n) is 1.75. The van der Waals surface area contributed by atoms with Crippen molar-refractivity contribution in [3.63, 3.8) is 0 Å².